The lowest BCUT2D eigenvalue weighted by atomic mass is 10.0. The Morgan fingerprint density at radius 2 is 1.89 bits per heavy atom. The van der Waals surface area contributed by atoms with E-state index in [0.29, 0.717) is 20.6 Å². The van der Waals surface area contributed by atoms with Crippen LogP contribution in [0.1, 0.15) is 17.2 Å². The molecule has 0 aliphatic carbocycles. The standard InChI is InChI=1S/C14H11BrClFO/c15-11-6-3-5-10(14(11)16)13(18)8-9-4-1-2-7-12(9)17/h1-7,13,18H,8H2. The van der Waals surface area contributed by atoms with Crippen molar-refractivity contribution in [3.05, 3.63) is 68.9 Å². The number of halogens is 3. The highest BCUT2D eigenvalue weighted by molar-refractivity contribution is 9.10. The molecule has 0 fully saturated rings. The first-order valence-corrected chi connectivity index (χ1v) is 6.62. The van der Waals surface area contributed by atoms with Gasteiger partial charge in [0.1, 0.15) is 5.82 Å². The third-order valence-corrected chi connectivity index (χ3v) is 4.02. The Morgan fingerprint density at radius 1 is 1.17 bits per heavy atom. The minimum absolute atomic E-state index is 0.197. The van der Waals surface area contributed by atoms with Gasteiger partial charge in [-0.1, -0.05) is 41.9 Å². The fraction of sp³-hybridized carbons (Fsp3) is 0.143. The van der Waals surface area contributed by atoms with Crippen LogP contribution in [0.15, 0.2) is 46.9 Å². The van der Waals surface area contributed by atoms with Crippen molar-refractivity contribution in [1.29, 1.82) is 0 Å². The first-order valence-electron chi connectivity index (χ1n) is 5.45. The minimum Gasteiger partial charge on any atom is -0.388 e. The lowest BCUT2D eigenvalue weighted by Crippen LogP contribution is -2.04. The normalized spacial score (nSPS) is 12.4. The predicted octanol–water partition coefficient (Wildman–Crippen LogP) is 4.52. The molecule has 0 saturated carbocycles. The summed E-state index contributed by atoms with van der Waals surface area (Å²) in [5.41, 5.74) is 1.07. The van der Waals surface area contributed by atoms with E-state index in [0.717, 1.165) is 0 Å². The van der Waals surface area contributed by atoms with Gasteiger partial charge in [-0.05, 0) is 33.6 Å². The van der Waals surface area contributed by atoms with Gasteiger partial charge in [0.2, 0.25) is 0 Å². The maximum Gasteiger partial charge on any atom is 0.126 e. The van der Waals surface area contributed by atoms with Crippen molar-refractivity contribution in [2.45, 2.75) is 12.5 Å². The largest absolute Gasteiger partial charge is 0.388 e. The van der Waals surface area contributed by atoms with Crippen LogP contribution in [0.2, 0.25) is 5.02 Å². The van der Waals surface area contributed by atoms with Crippen molar-refractivity contribution < 1.29 is 9.50 Å². The fourth-order valence-electron chi connectivity index (χ4n) is 1.76. The molecule has 2 aromatic carbocycles. The molecular weight excluding hydrogens is 319 g/mol. The quantitative estimate of drug-likeness (QED) is 0.878. The Hall–Kier alpha value is -0.900. The molecule has 94 valence electrons. The van der Waals surface area contributed by atoms with Crippen LogP contribution in [-0.2, 0) is 6.42 Å². The molecule has 1 unspecified atom stereocenters. The summed E-state index contributed by atoms with van der Waals surface area (Å²) in [4.78, 5) is 0. The summed E-state index contributed by atoms with van der Waals surface area (Å²) in [6.07, 6.45) is -0.630. The average molecular weight is 330 g/mol. The van der Waals surface area contributed by atoms with E-state index in [2.05, 4.69) is 15.9 Å². The molecule has 4 heteroatoms. The number of rotatable bonds is 3. The summed E-state index contributed by atoms with van der Waals surface area (Å²) in [5, 5.41) is 10.6. The van der Waals surface area contributed by atoms with Gasteiger partial charge in [0, 0.05) is 16.5 Å². The Morgan fingerprint density at radius 3 is 2.61 bits per heavy atom. The zero-order valence-electron chi connectivity index (χ0n) is 9.41. The first kappa shape index (κ1) is 13.5. The van der Waals surface area contributed by atoms with Gasteiger partial charge in [-0.3, -0.25) is 0 Å². The Balaban J connectivity index is 2.25. The summed E-state index contributed by atoms with van der Waals surface area (Å²) in [7, 11) is 0. The first-order chi connectivity index (χ1) is 8.59. The lowest BCUT2D eigenvalue weighted by molar-refractivity contribution is 0.177. The minimum atomic E-state index is -0.827. The molecule has 0 aliphatic rings. The van der Waals surface area contributed by atoms with Crippen molar-refractivity contribution in [3.8, 4) is 0 Å². The maximum absolute atomic E-state index is 13.5. The van der Waals surface area contributed by atoms with Crippen molar-refractivity contribution in [2.75, 3.05) is 0 Å². The highest BCUT2D eigenvalue weighted by Gasteiger charge is 2.15. The average Bonchev–Trinajstić information content (AvgIpc) is 2.35. The summed E-state index contributed by atoms with van der Waals surface area (Å²) >= 11 is 9.39. The van der Waals surface area contributed by atoms with Crippen LogP contribution in [-0.4, -0.2) is 5.11 Å². The molecule has 18 heavy (non-hydrogen) atoms. The van der Waals surface area contributed by atoms with Crippen molar-refractivity contribution in [2.24, 2.45) is 0 Å². The smallest absolute Gasteiger partial charge is 0.126 e. The van der Waals surface area contributed by atoms with Crippen LogP contribution in [0.5, 0.6) is 0 Å². The molecule has 0 bridgehead atoms. The van der Waals surface area contributed by atoms with E-state index < -0.39 is 6.10 Å². The van der Waals surface area contributed by atoms with Crippen LogP contribution in [0.25, 0.3) is 0 Å². The second kappa shape index (κ2) is 5.83. The molecule has 1 atom stereocenters. The fourth-order valence-corrected chi connectivity index (χ4v) is 2.39. The van der Waals surface area contributed by atoms with Crippen LogP contribution in [0, 0.1) is 5.82 Å². The van der Waals surface area contributed by atoms with Crippen LogP contribution in [0.4, 0.5) is 4.39 Å². The molecule has 0 aliphatic heterocycles. The molecule has 0 saturated heterocycles. The monoisotopic (exact) mass is 328 g/mol. The van der Waals surface area contributed by atoms with E-state index in [9.17, 15) is 9.50 Å². The molecule has 0 heterocycles. The maximum atomic E-state index is 13.5. The Kier molecular flexibility index (Phi) is 4.38. The second-order valence-electron chi connectivity index (χ2n) is 3.95. The van der Waals surface area contributed by atoms with Gasteiger partial charge in [-0.2, -0.15) is 0 Å². The number of aliphatic hydroxyl groups excluding tert-OH is 1. The van der Waals surface area contributed by atoms with Crippen molar-refractivity contribution in [1.82, 2.24) is 0 Å². The summed E-state index contributed by atoms with van der Waals surface area (Å²) in [6, 6.07) is 11.7. The molecule has 0 amide bonds. The molecule has 0 radical (unpaired) electrons. The summed E-state index contributed by atoms with van der Waals surface area (Å²) < 4.78 is 14.2. The predicted molar refractivity (Wildman–Crippen MR) is 74.2 cm³/mol. The van der Waals surface area contributed by atoms with E-state index in [-0.39, 0.29) is 12.2 Å². The van der Waals surface area contributed by atoms with Crippen molar-refractivity contribution in [3.63, 3.8) is 0 Å². The molecular formula is C14H11BrClFO. The summed E-state index contributed by atoms with van der Waals surface area (Å²) in [6.45, 7) is 0. The topological polar surface area (TPSA) is 20.2 Å². The molecule has 2 rings (SSSR count). The van der Waals surface area contributed by atoms with Gasteiger partial charge in [0.05, 0.1) is 11.1 Å². The number of aliphatic hydroxyl groups is 1. The van der Waals surface area contributed by atoms with Crippen LogP contribution in [0.3, 0.4) is 0 Å². The number of hydrogen-bond acceptors (Lipinski definition) is 1. The van der Waals surface area contributed by atoms with E-state index in [4.69, 9.17) is 11.6 Å². The highest BCUT2D eigenvalue weighted by atomic mass is 79.9. The van der Waals surface area contributed by atoms with E-state index in [1.807, 2.05) is 0 Å². The van der Waals surface area contributed by atoms with Gasteiger partial charge < -0.3 is 5.11 Å². The second-order valence-corrected chi connectivity index (χ2v) is 5.19. The Labute approximate surface area is 118 Å². The van der Waals surface area contributed by atoms with Gasteiger partial charge in [-0.25, -0.2) is 4.39 Å². The summed E-state index contributed by atoms with van der Waals surface area (Å²) in [5.74, 6) is -0.317. The van der Waals surface area contributed by atoms with Gasteiger partial charge in [0.25, 0.3) is 0 Å². The van der Waals surface area contributed by atoms with Gasteiger partial charge in [0.15, 0.2) is 0 Å². The zero-order valence-corrected chi connectivity index (χ0v) is 11.7. The zero-order chi connectivity index (χ0) is 13.1. The molecule has 0 spiro atoms. The lowest BCUT2D eigenvalue weighted by Gasteiger charge is -2.14. The number of benzene rings is 2. The van der Waals surface area contributed by atoms with Crippen molar-refractivity contribution >= 4 is 27.5 Å². The van der Waals surface area contributed by atoms with Crippen LogP contribution >= 0.6 is 27.5 Å². The van der Waals surface area contributed by atoms with E-state index >= 15 is 0 Å². The third kappa shape index (κ3) is 2.91. The van der Waals surface area contributed by atoms with Gasteiger partial charge in [-0.15, -0.1) is 0 Å². The van der Waals surface area contributed by atoms with Gasteiger partial charge >= 0.3 is 0 Å². The molecule has 2 aromatic rings. The van der Waals surface area contributed by atoms with E-state index in [1.54, 1.807) is 36.4 Å². The van der Waals surface area contributed by atoms with E-state index in [1.165, 1.54) is 6.07 Å². The molecule has 1 nitrogen and oxygen atoms in total. The Bertz CT molecular complexity index is 559. The SMILES string of the molecule is OC(Cc1ccccc1F)c1cccc(Br)c1Cl. The third-order valence-electron chi connectivity index (χ3n) is 2.71. The molecule has 0 aromatic heterocycles. The van der Waals surface area contributed by atoms with Crippen LogP contribution < -0.4 is 0 Å². The highest BCUT2D eigenvalue weighted by Crippen LogP contribution is 2.31. The number of hydrogen-bond donors (Lipinski definition) is 1. The molecule has 1 N–H and O–H groups in total.